The van der Waals surface area contributed by atoms with E-state index in [1.165, 1.54) is 0 Å². The summed E-state index contributed by atoms with van der Waals surface area (Å²) in [5, 5.41) is 34.4. The average molecular weight is 570 g/mol. The number of aromatic nitrogens is 6. The van der Waals surface area contributed by atoms with Crippen LogP contribution in [0, 0.1) is 18.3 Å². The van der Waals surface area contributed by atoms with Crippen molar-refractivity contribution in [3.63, 3.8) is 0 Å². The Morgan fingerprint density at radius 1 is 1.24 bits per heavy atom. The second kappa shape index (κ2) is 12.2. The molecule has 42 heavy (non-hydrogen) atoms. The number of methoxy groups -OCH3 is 1. The van der Waals surface area contributed by atoms with Crippen molar-refractivity contribution < 1.29 is 19.7 Å². The van der Waals surface area contributed by atoms with E-state index in [0.29, 0.717) is 23.3 Å². The number of aromatic amines is 1. The lowest BCUT2D eigenvalue weighted by Crippen LogP contribution is -2.50. The Morgan fingerprint density at radius 2 is 2.02 bits per heavy atom. The summed E-state index contributed by atoms with van der Waals surface area (Å²) >= 11 is 0. The molecule has 13 heteroatoms. The Labute approximate surface area is 241 Å². The van der Waals surface area contributed by atoms with Gasteiger partial charge in [0.05, 0.1) is 23.2 Å². The fourth-order valence-electron chi connectivity index (χ4n) is 4.89. The molecule has 1 atom stereocenters. The first kappa shape index (κ1) is 28.5. The van der Waals surface area contributed by atoms with Crippen molar-refractivity contribution in [2.45, 2.75) is 32.6 Å². The number of aliphatic hydroxyl groups is 1. The number of H-pyrrole nitrogens is 1. The highest BCUT2D eigenvalue weighted by molar-refractivity contribution is 5.82. The Kier molecular flexibility index (Phi) is 8.30. The fraction of sp³-hybridized carbons (Fsp3) is 0.276. The van der Waals surface area contributed by atoms with Gasteiger partial charge in [-0.15, -0.1) is 0 Å². The Bertz CT molecular complexity index is 1740. The lowest BCUT2D eigenvalue weighted by Gasteiger charge is -2.37. The first-order valence-electron chi connectivity index (χ1n) is 13.2. The van der Waals surface area contributed by atoms with Crippen LogP contribution in [0.4, 0.5) is 11.5 Å². The molecule has 0 radical (unpaired) electrons. The van der Waals surface area contributed by atoms with E-state index < -0.39 is 6.10 Å². The number of ether oxygens (including phenoxy) is 1. The van der Waals surface area contributed by atoms with Gasteiger partial charge in [0.1, 0.15) is 24.0 Å². The van der Waals surface area contributed by atoms with E-state index in [0.717, 1.165) is 53.6 Å². The highest BCUT2D eigenvalue weighted by Crippen LogP contribution is 2.27. The van der Waals surface area contributed by atoms with Crippen molar-refractivity contribution in [1.29, 1.82) is 5.26 Å². The summed E-state index contributed by atoms with van der Waals surface area (Å²) in [5.74, 6) is 1.99. The molecule has 0 bridgehead atoms. The average Bonchev–Trinajstić information content (AvgIpc) is 3.68. The van der Waals surface area contributed by atoms with Gasteiger partial charge in [-0.1, -0.05) is 0 Å². The van der Waals surface area contributed by atoms with Crippen LogP contribution in [0.1, 0.15) is 35.7 Å². The third-order valence-electron chi connectivity index (χ3n) is 7.01. The number of benzene rings is 1. The van der Waals surface area contributed by atoms with Gasteiger partial charge in [0.15, 0.2) is 11.5 Å². The number of aliphatic hydroxyl groups excluding tert-OH is 1. The molecule has 5 heterocycles. The van der Waals surface area contributed by atoms with Crippen LogP contribution < -0.4 is 5.32 Å². The predicted molar refractivity (Wildman–Crippen MR) is 155 cm³/mol. The molecule has 4 N–H and O–H groups in total. The van der Waals surface area contributed by atoms with Crippen molar-refractivity contribution in [2.75, 3.05) is 25.5 Å². The van der Waals surface area contributed by atoms with Crippen LogP contribution >= 0.6 is 0 Å². The van der Waals surface area contributed by atoms with E-state index in [1.807, 2.05) is 47.9 Å². The number of imidazole rings is 1. The number of rotatable bonds is 8. The molecule has 1 aliphatic heterocycles. The molecule has 0 aliphatic carbocycles. The van der Waals surface area contributed by atoms with Crippen molar-refractivity contribution in [1.82, 2.24) is 34.2 Å². The van der Waals surface area contributed by atoms with Gasteiger partial charge < -0.3 is 25.3 Å². The van der Waals surface area contributed by atoms with Gasteiger partial charge in [-0.25, -0.2) is 14.6 Å². The molecular formula is C29H31N9O4. The second-order valence-electron chi connectivity index (χ2n) is 9.95. The number of likely N-dealkylation sites (tertiary alicyclic amines) is 1. The zero-order valence-electron chi connectivity index (χ0n) is 23.4. The second-order valence-corrected chi connectivity index (χ2v) is 9.95. The molecule has 6 rings (SSSR count). The molecule has 0 saturated carbocycles. The van der Waals surface area contributed by atoms with Gasteiger partial charge >= 0.3 is 0 Å². The smallest absolute Gasteiger partial charge is 0.290 e. The van der Waals surface area contributed by atoms with E-state index in [-0.39, 0.29) is 12.2 Å². The molecule has 1 fully saturated rings. The predicted octanol–water partition coefficient (Wildman–Crippen LogP) is 3.44. The van der Waals surface area contributed by atoms with Crippen LogP contribution in [-0.2, 0) is 16.1 Å². The van der Waals surface area contributed by atoms with Crippen molar-refractivity contribution >= 4 is 29.0 Å². The van der Waals surface area contributed by atoms with Crippen molar-refractivity contribution in [2.24, 2.45) is 0 Å². The minimum absolute atomic E-state index is 0.250. The largest absolute Gasteiger partial charge is 0.483 e. The number of nitrogens with one attached hydrogen (secondary N) is 2. The normalized spacial score (nSPS) is 14.1. The maximum Gasteiger partial charge on any atom is 0.290 e. The summed E-state index contributed by atoms with van der Waals surface area (Å²) in [4.78, 5) is 23.6. The minimum Gasteiger partial charge on any atom is -0.483 e. The van der Waals surface area contributed by atoms with Crippen LogP contribution in [0.5, 0.6) is 0 Å². The lowest BCUT2D eigenvalue weighted by atomic mass is 10.1. The number of nitrogens with zero attached hydrogens (tertiary/aromatic N) is 7. The number of hydrogen-bond acceptors (Lipinski definition) is 9. The standard InChI is InChI=1S/C28H29N9O2.CH2O2/c1-17-10-21(12-29)34-37(17)28-23(18(2)38)6-9-27(33-28)36-16-30-24-7-4-19(11-25(24)36)31-26-8-5-20(32-26)13-35-14-22(15-35)39-3;2-1-3/h4-11,16,18,22,31-32,38H,13-15H2,1-3H3;1H,(H,2,3). The maximum absolute atomic E-state index is 10.4. The molecule has 5 aromatic rings. The third kappa shape index (κ3) is 5.86. The zero-order valence-corrected chi connectivity index (χ0v) is 23.4. The van der Waals surface area contributed by atoms with Gasteiger partial charge in [0, 0.05) is 49.4 Å². The molecule has 13 nitrogen and oxygen atoms in total. The molecule has 4 aromatic heterocycles. The minimum atomic E-state index is -0.765. The summed E-state index contributed by atoms with van der Waals surface area (Å²) in [5.41, 5.74) is 5.39. The summed E-state index contributed by atoms with van der Waals surface area (Å²) in [6.45, 7) is 6.04. The Morgan fingerprint density at radius 3 is 2.71 bits per heavy atom. The molecule has 1 aromatic carbocycles. The molecular weight excluding hydrogens is 538 g/mol. The fourth-order valence-corrected chi connectivity index (χ4v) is 4.89. The maximum atomic E-state index is 10.4. The van der Waals surface area contributed by atoms with Crippen LogP contribution in [0.2, 0.25) is 0 Å². The molecule has 1 saturated heterocycles. The Balaban J connectivity index is 0.00000113. The van der Waals surface area contributed by atoms with E-state index in [1.54, 1.807) is 31.1 Å². The van der Waals surface area contributed by atoms with Gasteiger partial charge in [0.2, 0.25) is 0 Å². The van der Waals surface area contributed by atoms with Crippen LogP contribution in [0.25, 0.3) is 22.7 Å². The van der Waals surface area contributed by atoms with E-state index in [4.69, 9.17) is 19.6 Å². The van der Waals surface area contributed by atoms with E-state index in [9.17, 15) is 10.4 Å². The number of carboxylic acid groups (broad SMARTS) is 1. The molecule has 1 unspecified atom stereocenters. The van der Waals surface area contributed by atoms with Crippen LogP contribution in [-0.4, -0.2) is 77.2 Å². The number of anilines is 2. The number of nitriles is 1. The number of carbonyl (C=O) groups is 1. The Hall–Kier alpha value is -5.03. The van der Waals surface area contributed by atoms with Gasteiger partial charge in [-0.2, -0.15) is 10.4 Å². The van der Waals surface area contributed by atoms with E-state index in [2.05, 4.69) is 37.4 Å². The SMILES string of the molecule is COC1CN(Cc2ccc(Nc3ccc4ncn(-c5ccc(C(C)O)c(-n6nc(C#N)cc6C)n5)c4c3)[nH]2)C1.O=CO. The number of aryl methyl sites for hydroxylation is 1. The van der Waals surface area contributed by atoms with Gasteiger partial charge in [-0.05, 0) is 62.4 Å². The van der Waals surface area contributed by atoms with Crippen molar-refractivity contribution in [3.8, 4) is 17.7 Å². The van der Waals surface area contributed by atoms with Crippen molar-refractivity contribution in [3.05, 3.63) is 77.5 Å². The van der Waals surface area contributed by atoms with Gasteiger partial charge in [-0.3, -0.25) is 14.3 Å². The van der Waals surface area contributed by atoms with Crippen LogP contribution in [0.3, 0.4) is 0 Å². The summed E-state index contributed by atoms with van der Waals surface area (Å²) in [6.07, 6.45) is 1.30. The third-order valence-corrected chi connectivity index (χ3v) is 7.01. The zero-order chi connectivity index (χ0) is 29.8. The topological polar surface area (TPSA) is 170 Å². The quantitative estimate of drug-likeness (QED) is 0.203. The summed E-state index contributed by atoms with van der Waals surface area (Å²) < 4.78 is 8.85. The van der Waals surface area contributed by atoms with E-state index >= 15 is 0 Å². The molecule has 0 amide bonds. The molecule has 0 spiro atoms. The van der Waals surface area contributed by atoms with Crippen LogP contribution in [0.15, 0.2) is 54.9 Å². The number of pyridine rings is 1. The first-order valence-corrected chi connectivity index (χ1v) is 13.2. The first-order chi connectivity index (χ1) is 20.3. The molecule has 1 aliphatic rings. The highest BCUT2D eigenvalue weighted by atomic mass is 16.5. The lowest BCUT2D eigenvalue weighted by molar-refractivity contribution is -0.122. The number of hydrogen-bond donors (Lipinski definition) is 4. The summed E-state index contributed by atoms with van der Waals surface area (Å²) in [7, 11) is 1.76. The molecule has 216 valence electrons. The monoisotopic (exact) mass is 569 g/mol. The van der Waals surface area contributed by atoms with Gasteiger partial charge in [0.25, 0.3) is 6.47 Å². The number of fused-ring (bicyclic) bond motifs is 1. The summed E-state index contributed by atoms with van der Waals surface area (Å²) in [6, 6.07) is 17.5. The highest BCUT2D eigenvalue weighted by Gasteiger charge is 2.26.